The lowest BCUT2D eigenvalue weighted by Gasteiger charge is -2.24. The van der Waals surface area contributed by atoms with E-state index in [1.807, 2.05) is 18.2 Å². The molecule has 1 aliphatic heterocycles. The number of anilines is 1. The molecule has 7 nitrogen and oxygen atoms in total. The van der Waals surface area contributed by atoms with Gasteiger partial charge in [0.1, 0.15) is 0 Å². The molecule has 2 aromatic carbocycles. The smallest absolute Gasteiger partial charge is 0.328 e. The molecule has 1 aromatic heterocycles. The molecule has 0 unspecified atom stereocenters. The van der Waals surface area contributed by atoms with E-state index in [4.69, 9.17) is 0 Å². The van der Waals surface area contributed by atoms with Crippen LogP contribution in [0.1, 0.15) is 18.4 Å². The minimum Gasteiger partial charge on any atom is -0.371 e. The van der Waals surface area contributed by atoms with Crippen molar-refractivity contribution in [1.82, 2.24) is 13.4 Å². The van der Waals surface area contributed by atoms with Crippen molar-refractivity contribution >= 4 is 26.7 Å². The van der Waals surface area contributed by atoms with Crippen LogP contribution in [0, 0.1) is 0 Å². The monoisotopic (exact) mass is 414 g/mol. The number of fused-ring (bicyclic) bond motifs is 1. The second kappa shape index (κ2) is 7.35. The zero-order valence-corrected chi connectivity index (χ0v) is 17.8. The number of rotatable bonds is 5. The highest BCUT2D eigenvalue weighted by molar-refractivity contribution is 7.89. The van der Waals surface area contributed by atoms with Gasteiger partial charge in [0.15, 0.2) is 0 Å². The lowest BCUT2D eigenvalue weighted by Crippen LogP contribution is -2.28. The molecule has 0 aliphatic carbocycles. The molecule has 0 saturated carbocycles. The molecule has 0 spiro atoms. The van der Waals surface area contributed by atoms with E-state index < -0.39 is 10.0 Å². The van der Waals surface area contributed by atoms with Crippen LogP contribution in [-0.4, -0.2) is 42.0 Å². The zero-order chi connectivity index (χ0) is 20.8. The Bertz CT molecular complexity index is 1220. The van der Waals surface area contributed by atoms with Gasteiger partial charge < -0.3 is 4.90 Å². The van der Waals surface area contributed by atoms with E-state index in [9.17, 15) is 13.2 Å². The fourth-order valence-corrected chi connectivity index (χ4v) is 5.23. The van der Waals surface area contributed by atoms with E-state index in [1.54, 1.807) is 39.3 Å². The van der Waals surface area contributed by atoms with Crippen LogP contribution in [0.25, 0.3) is 11.0 Å². The summed E-state index contributed by atoms with van der Waals surface area (Å²) in [4.78, 5) is 14.7. The van der Waals surface area contributed by atoms with Gasteiger partial charge in [0.25, 0.3) is 0 Å². The van der Waals surface area contributed by atoms with Gasteiger partial charge in [-0.1, -0.05) is 18.2 Å². The van der Waals surface area contributed by atoms with E-state index in [0.717, 1.165) is 37.2 Å². The predicted molar refractivity (Wildman–Crippen MR) is 115 cm³/mol. The minimum atomic E-state index is -3.70. The highest BCUT2D eigenvalue weighted by atomic mass is 32.2. The van der Waals surface area contributed by atoms with Crippen LogP contribution < -0.4 is 10.6 Å². The van der Waals surface area contributed by atoms with Gasteiger partial charge in [-0.05, 0) is 42.7 Å². The molecule has 0 amide bonds. The van der Waals surface area contributed by atoms with Crippen molar-refractivity contribution in [3.63, 3.8) is 0 Å². The molecule has 0 radical (unpaired) electrons. The third-order valence-corrected chi connectivity index (χ3v) is 7.58. The Morgan fingerprint density at radius 3 is 2.34 bits per heavy atom. The summed E-state index contributed by atoms with van der Waals surface area (Å²) in [6.45, 7) is 2.30. The number of para-hydroxylation sites is 1. The fourth-order valence-electron chi connectivity index (χ4n) is 4.06. The topological polar surface area (TPSA) is 67.6 Å². The third kappa shape index (κ3) is 3.36. The Morgan fingerprint density at radius 2 is 1.62 bits per heavy atom. The average Bonchev–Trinajstić information content (AvgIpc) is 3.32. The van der Waals surface area contributed by atoms with Gasteiger partial charge in [0.05, 0.1) is 15.9 Å². The van der Waals surface area contributed by atoms with E-state index >= 15 is 0 Å². The van der Waals surface area contributed by atoms with E-state index in [-0.39, 0.29) is 10.6 Å². The number of nitrogens with zero attached hydrogens (tertiary/aromatic N) is 4. The van der Waals surface area contributed by atoms with Crippen molar-refractivity contribution in [3.8, 4) is 0 Å². The molecule has 0 N–H and O–H groups in total. The molecule has 0 bridgehead atoms. The van der Waals surface area contributed by atoms with Gasteiger partial charge >= 0.3 is 5.69 Å². The Hall–Kier alpha value is -2.58. The van der Waals surface area contributed by atoms with Gasteiger partial charge in [0.2, 0.25) is 10.0 Å². The van der Waals surface area contributed by atoms with Crippen LogP contribution in [0.4, 0.5) is 5.69 Å². The number of sulfonamides is 1. The number of aromatic nitrogens is 2. The minimum absolute atomic E-state index is 0.178. The van der Waals surface area contributed by atoms with Crippen molar-refractivity contribution in [2.24, 2.45) is 14.1 Å². The molecule has 154 valence electrons. The molecular formula is C21H26N4O3S. The first-order valence-electron chi connectivity index (χ1n) is 9.75. The molecule has 2 heterocycles. The Morgan fingerprint density at radius 1 is 0.966 bits per heavy atom. The summed E-state index contributed by atoms with van der Waals surface area (Å²) >= 11 is 0. The lowest BCUT2D eigenvalue weighted by molar-refractivity contribution is 0.467. The lowest BCUT2D eigenvalue weighted by atomic mass is 10.1. The summed E-state index contributed by atoms with van der Waals surface area (Å²) in [6, 6.07) is 12.8. The summed E-state index contributed by atoms with van der Waals surface area (Å²) in [7, 11) is 1.23. The maximum absolute atomic E-state index is 13.2. The van der Waals surface area contributed by atoms with Crippen LogP contribution in [0.5, 0.6) is 0 Å². The third-order valence-electron chi connectivity index (χ3n) is 5.78. The van der Waals surface area contributed by atoms with Crippen LogP contribution in [0.2, 0.25) is 0 Å². The first-order chi connectivity index (χ1) is 13.8. The van der Waals surface area contributed by atoms with Crippen molar-refractivity contribution < 1.29 is 8.42 Å². The van der Waals surface area contributed by atoms with Gasteiger partial charge in [0, 0.05) is 46.5 Å². The molecule has 3 aromatic rings. The normalized spacial score (nSPS) is 15.0. The summed E-state index contributed by atoms with van der Waals surface area (Å²) in [6.07, 6.45) is 2.33. The maximum atomic E-state index is 13.2. The summed E-state index contributed by atoms with van der Waals surface area (Å²) in [5.74, 6) is 0. The average molecular weight is 415 g/mol. The maximum Gasteiger partial charge on any atom is 0.328 e. The Kier molecular flexibility index (Phi) is 5.00. The number of hydrogen-bond donors (Lipinski definition) is 0. The molecule has 4 rings (SSSR count). The summed E-state index contributed by atoms with van der Waals surface area (Å²) < 4.78 is 30.8. The first kappa shape index (κ1) is 19.7. The SMILES string of the molecule is CN(Cc1ccccc1N1CCCC1)S(=O)(=O)c1ccc2c(c1)n(C)c(=O)n2C. The van der Waals surface area contributed by atoms with Crippen molar-refractivity contribution in [1.29, 1.82) is 0 Å². The largest absolute Gasteiger partial charge is 0.371 e. The number of aryl methyl sites for hydroxylation is 2. The second-order valence-electron chi connectivity index (χ2n) is 7.64. The van der Waals surface area contributed by atoms with Crippen molar-refractivity contribution in [2.75, 3.05) is 25.0 Å². The quantitative estimate of drug-likeness (QED) is 0.643. The molecular weight excluding hydrogens is 388 g/mol. The number of hydrogen-bond acceptors (Lipinski definition) is 4. The fraction of sp³-hybridized carbons (Fsp3) is 0.381. The standard InChI is InChI=1S/C21H26N4O3S/c1-22(15-16-8-4-5-9-18(16)25-12-6-7-13-25)29(27,28)17-10-11-19-20(14-17)24(3)21(26)23(19)2/h4-5,8-11,14H,6-7,12-13,15H2,1-3H3. The second-order valence-corrected chi connectivity index (χ2v) is 9.68. The number of imidazole rings is 1. The highest BCUT2D eigenvalue weighted by Gasteiger charge is 2.24. The molecule has 1 aliphatic rings. The summed E-state index contributed by atoms with van der Waals surface area (Å²) in [5.41, 5.74) is 3.23. The van der Waals surface area contributed by atoms with Crippen molar-refractivity contribution in [2.45, 2.75) is 24.3 Å². The highest BCUT2D eigenvalue weighted by Crippen LogP contribution is 2.27. The zero-order valence-electron chi connectivity index (χ0n) is 17.0. The summed E-state index contributed by atoms with van der Waals surface area (Å²) in [5, 5.41) is 0. The predicted octanol–water partition coefficient (Wildman–Crippen LogP) is 2.30. The van der Waals surface area contributed by atoms with Gasteiger partial charge in [-0.15, -0.1) is 0 Å². The van der Waals surface area contributed by atoms with Crippen LogP contribution in [0.3, 0.4) is 0 Å². The van der Waals surface area contributed by atoms with Crippen molar-refractivity contribution in [3.05, 3.63) is 58.5 Å². The van der Waals surface area contributed by atoms with Gasteiger partial charge in [-0.3, -0.25) is 9.13 Å². The van der Waals surface area contributed by atoms with E-state index in [0.29, 0.717) is 17.6 Å². The van der Waals surface area contributed by atoms with Gasteiger partial charge in [-0.25, -0.2) is 13.2 Å². The number of benzene rings is 2. The molecule has 8 heteroatoms. The molecule has 1 fully saturated rings. The van der Waals surface area contributed by atoms with Crippen LogP contribution in [-0.2, 0) is 30.7 Å². The van der Waals surface area contributed by atoms with E-state index in [1.165, 1.54) is 13.4 Å². The Balaban J connectivity index is 1.67. The van der Waals surface area contributed by atoms with Crippen LogP contribution in [0.15, 0.2) is 52.2 Å². The molecule has 0 atom stereocenters. The first-order valence-corrected chi connectivity index (χ1v) is 11.2. The molecule has 1 saturated heterocycles. The molecule has 29 heavy (non-hydrogen) atoms. The van der Waals surface area contributed by atoms with E-state index in [2.05, 4.69) is 11.0 Å². The van der Waals surface area contributed by atoms with Gasteiger partial charge in [-0.2, -0.15) is 4.31 Å². The Labute approximate surface area is 170 Å². The van der Waals surface area contributed by atoms with Crippen LogP contribution >= 0.6 is 0 Å².